The van der Waals surface area contributed by atoms with Gasteiger partial charge in [0.05, 0.1) is 25.4 Å². The number of hydrogen-bond acceptors (Lipinski definition) is 3. The van der Waals surface area contributed by atoms with E-state index in [0.29, 0.717) is 6.61 Å². The van der Waals surface area contributed by atoms with Gasteiger partial charge < -0.3 is 15.2 Å². The van der Waals surface area contributed by atoms with E-state index in [9.17, 15) is 5.11 Å². The molecule has 2 atom stereocenters. The van der Waals surface area contributed by atoms with E-state index in [0.717, 1.165) is 26.0 Å². The Morgan fingerprint density at radius 1 is 1.47 bits per heavy atom. The highest BCUT2D eigenvalue weighted by Crippen LogP contribution is 2.24. The Hall–Kier alpha value is -0.900. The molecule has 1 aliphatic heterocycles. The first kappa shape index (κ1) is 12.6. The van der Waals surface area contributed by atoms with E-state index in [2.05, 4.69) is 23.5 Å². The SMILES string of the molecule is CCC(O)CCNC1COCc2ccccc21. The Labute approximate surface area is 103 Å². The molecule has 2 unspecified atom stereocenters. The first-order valence-corrected chi connectivity index (χ1v) is 6.38. The molecule has 2 rings (SSSR count). The monoisotopic (exact) mass is 235 g/mol. The fraction of sp³-hybridized carbons (Fsp3) is 0.571. The lowest BCUT2D eigenvalue weighted by Gasteiger charge is -2.27. The van der Waals surface area contributed by atoms with Gasteiger partial charge in [-0.25, -0.2) is 0 Å². The van der Waals surface area contributed by atoms with Crippen molar-refractivity contribution >= 4 is 0 Å². The van der Waals surface area contributed by atoms with Gasteiger partial charge in [0.25, 0.3) is 0 Å². The van der Waals surface area contributed by atoms with Crippen LogP contribution < -0.4 is 5.32 Å². The molecular formula is C14H21NO2. The number of nitrogens with one attached hydrogen (secondary N) is 1. The maximum atomic E-state index is 9.51. The molecule has 0 amide bonds. The first-order chi connectivity index (χ1) is 8.31. The van der Waals surface area contributed by atoms with E-state index in [1.165, 1.54) is 11.1 Å². The molecule has 0 aromatic heterocycles. The second kappa shape index (κ2) is 6.15. The van der Waals surface area contributed by atoms with Crippen molar-refractivity contribution in [3.05, 3.63) is 35.4 Å². The van der Waals surface area contributed by atoms with Crippen LogP contribution in [0.5, 0.6) is 0 Å². The average molecular weight is 235 g/mol. The van der Waals surface area contributed by atoms with Crippen LogP contribution in [-0.2, 0) is 11.3 Å². The van der Waals surface area contributed by atoms with E-state index in [1.807, 2.05) is 13.0 Å². The van der Waals surface area contributed by atoms with Crippen LogP contribution in [0.2, 0.25) is 0 Å². The summed E-state index contributed by atoms with van der Waals surface area (Å²) < 4.78 is 5.57. The maximum Gasteiger partial charge on any atom is 0.0721 e. The number of hydrogen-bond donors (Lipinski definition) is 2. The van der Waals surface area contributed by atoms with Gasteiger partial charge in [0.15, 0.2) is 0 Å². The summed E-state index contributed by atoms with van der Waals surface area (Å²) in [5.41, 5.74) is 2.61. The van der Waals surface area contributed by atoms with E-state index in [1.54, 1.807) is 0 Å². The lowest BCUT2D eigenvalue weighted by molar-refractivity contribution is 0.0798. The Balaban J connectivity index is 1.90. The van der Waals surface area contributed by atoms with Crippen molar-refractivity contribution in [1.29, 1.82) is 0 Å². The molecule has 94 valence electrons. The summed E-state index contributed by atoms with van der Waals surface area (Å²) in [5, 5.41) is 13.0. The standard InChI is InChI=1S/C14H21NO2/c1-2-12(16)7-8-15-14-10-17-9-11-5-3-4-6-13(11)14/h3-6,12,14-16H,2,7-10H2,1H3. The minimum atomic E-state index is -0.192. The molecule has 0 saturated carbocycles. The van der Waals surface area contributed by atoms with E-state index >= 15 is 0 Å². The molecular weight excluding hydrogens is 214 g/mol. The molecule has 2 N–H and O–H groups in total. The molecule has 0 spiro atoms. The van der Waals surface area contributed by atoms with Crippen LogP contribution in [0.25, 0.3) is 0 Å². The fourth-order valence-electron chi connectivity index (χ4n) is 2.18. The Morgan fingerprint density at radius 3 is 3.12 bits per heavy atom. The molecule has 1 heterocycles. The number of rotatable bonds is 5. The van der Waals surface area contributed by atoms with E-state index in [-0.39, 0.29) is 12.1 Å². The molecule has 1 aromatic carbocycles. The van der Waals surface area contributed by atoms with Gasteiger partial charge in [-0.15, -0.1) is 0 Å². The van der Waals surface area contributed by atoms with Crippen LogP contribution in [0, 0.1) is 0 Å². The predicted octanol–water partition coefficient (Wildman–Crippen LogP) is 2.01. The van der Waals surface area contributed by atoms with Gasteiger partial charge in [-0.2, -0.15) is 0 Å². The van der Waals surface area contributed by atoms with Crippen LogP contribution in [0.4, 0.5) is 0 Å². The largest absolute Gasteiger partial charge is 0.393 e. The second-order valence-corrected chi connectivity index (χ2v) is 4.57. The van der Waals surface area contributed by atoms with Crippen molar-refractivity contribution in [2.24, 2.45) is 0 Å². The van der Waals surface area contributed by atoms with Crippen molar-refractivity contribution in [1.82, 2.24) is 5.32 Å². The molecule has 17 heavy (non-hydrogen) atoms. The molecule has 0 radical (unpaired) electrons. The van der Waals surface area contributed by atoms with Gasteiger partial charge >= 0.3 is 0 Å². The second-order valence-electron chi connectivity index (χ2n) is 4.57. The van der Waals surface area contributed by atoms with Gasteiger partial charge in [0.2, 0.25) is 0 Å². The highest BCUT2D eigenvalue weighted by atomic mass is 16.5. The molecule has 0 aliphatic carbocycles. The molecule has 3 heteroatoms. The third-order valence-electron chi connectivity index (χ3n) is 3.31. The molecule has 1 aliphatic rings. The number of ether oxygens (including phenoxy) is 1. The zero-order valence-electron chi connectivity index (χ0n) is 10.4. The molecule has 3 nitrogen and oxygen atoms in total. The van der Waals surface area contributed by atoms with Gasteiger partial charge in [0, 0.05) is 0 Å². The minimum Gasteiger partial charge on any atom is -0.393 e. The number of benzene rings is 1. The summed E-state index contributed by atoms with van der Waals surface area (Å²) >= 11 is 0. The fourth-order valence-corrected chi connectivity index (χ4v) is 2.18. The van der Waals surface area contributed by atoms with E-state index in [4.69, 9.17) is 4.74 Å². The smallest absolute Gasteiger partial charge is 0.0721 e. The zero-order valence-corrected chi connectivity index (χ0v) is 10.4. The average Bonchev–Trinajstić information content (AvgIpc) is 2.39. The van der Waals surface area contributed by atoms with Crippen LogP contribution in [0.3, 0.4) is 0 Å². The topological polar surface area (TPSA) is 41.5 Å². The minimum absolute atomic E-state index is 0.192. The quantitative estimate of drug-likeness (QED) is 0.820. The van der Waals surface area contributed by atoms with Crippen molar-refractivity contribution in [2.75, 3.05) is 13.2 Å². The molecule has 0 bridgehead atoms. The van der Waals surface area contributed by atoms with Crippen LogP contribution in [-0.4, -0.2) is 24.4 Å². The molecule has 0 fully saturated rings. The van der Waals surface area contributed by atoms with Crippen LogP contribution in [0.15, 0.2) is 24.3 Å². The van der Waals surface area contributed by atoms with Gasteiger partial charge in [0.1, 0.15) is 0 Å². The summed E-state index contributed by atoms with van der Waals surface area (Å²) in [6.07, 6.45) is 1.43. The Morgan fingerprint density at radius 2 is 2.29 bits per heavy atom. The van der Waals surface area contributed by atoms with Gasteiger partial charge in [-0.3, -0.25) is 0 Å². The summed E-state index contributed by atoms with van der Waals surface area (Å²) in [5.74, 6) is 0. The first-order valence-electron chi connectivity index (χ1n) is 6.38. The number of fused-ring (bicyclic) bond motifs is 1. The third-order valence-corrected chi connectivity index (χ3v) is 3.31. The Kier molecular flexibility index (Phi) is 4.54. The highest BCUT2D eigenvalue weighted by Gasteiger charge is 2.19. The highest BCUT2D eigenvalue weighted by molar-refractivity contribution is 5.30. The summed E-state index contributed by atoms with van der Waals surface area (Å²) in [7, 11) is 0. The van der Waals surface area contributed by atoms with Crippen LogP contribution >= 0.6 is 0 Å². The predicted molar refractivity (Wildman–Crippen MR) is 67.8 cm³/mol. The summed E-state index contributed by atoms with van der Waals surface area (Å²) in [4.78, 5) is 0. The van der Waals surface area contributed by atoms with Crippen molar-refractivity contribution in [3.63, 3.8) is 0 Å². The van der Waals surface area contributed by atoms with Crippen molar-refractivity contribution in [3.8, 4) is 0 Å². The lowest BCUT2D eigenvalue weighted by Crippen LogP contribution is -2.31. The summed E-state index contributed by atoms with van der Waals surface area (Å²) in [6.45, 7) is 4.27. The normalized spacial score (nSPS) is 20.9. The third kappa shape index (κ3) is 3.28. The van der Waals surface area contributed by atoms with Gasteiger partial charge in [-0.05, 0) is 30.5 Å². The number of aliphatic hydroxyl groups excluding tert-OH is 1. The maximum absolute atomic E-state index is 9.51. The Bertz CT molecular complexity index is 354. The number of aliphatic hydroxyl groups is 1. The molecule has 0 saturated heterocycles. The zero-order chi connectivity index (χ0) is 12.1. The van der Waals surface area contributed by atoms with Crippen molar-refractivity contribution < 1.29 is 9.84 Å². The van der Waals surface area contributed by atoms with Crippen LogP contribution in [0.1, 0.15) is 36.9 Å². The molecule has 1 aromatic rings. The summed E-state index contributed by atoms with van der Waals surface area (Å²) in [6, 6.07) is 8.66. The van der Waals surface area contributed by atoms with Gasteiger partial charge in [-0.1, -0.05) is 31.2 Å². The van der Waals surface area contributed by atoms with Crippen molar-refractivity contribution in [2.45, 2.75) is 38.5 Å². The lowest BCUT2D eigenvalue weighted by atomic mass is 9.99. The van der Waals surface area contributed by atoms with E-state index < -0.39 is 0 Å².